The van der Waals surface area contributed by atoms with Gasteiger partial charge in [0.25, 0.3) is 5.56 Å². The van der Waals surface area contributed by atoms with Crippen LogP contribution in [0, 0.1) is 0 Å². The Bertz CT molecular complexity index is 1180. The van der Waals surface area contributed by atoms with Gasteiger partial charge in [-0.25, -0.2) is 14.6 Å². The minimum atomic E-state index is -0.644. The highest BCUT2D eigenvalue weighted by Gasteiger charge is 2.23. The lowest BCUT2D eigenvalue weighted by molar-refractivity contribution is 0.0109. The van der Waals surface area contributed by atoms with Crippen LogP contribution in [0.25, 0.3) is 11.0 Å². The number of aryl methyl sites for hydroxylation is 1. The standard InChI is InChI=1S/C20H19N3O6/c1-2-7-23-17-14(18(24)22-20(23)26)8-12(9-21-17)19(25)28-11-13-10-27-15-5-3-4-6-16(15)29-13/h3-6,8-9,13H,2,7,10-11H2,1H3,(H,22,24,26)/t13-/m1/s1. The molecular formula is C20H19N3O6. The van der Waals surface area contributed by atoms with E-state index in [1.54, 1.807) is 12.1 Å². The average molecular weight is 397 g/mol. The van der Waals surface area contributed by atoms with Crippen molar-refractivity contribution in [2.24, 2.45) is 0 Å². The maximum absolute atomic E-state index is 12.4. The number of carbonyl (C=O) groups is 1. The third-order valence-corrected chi connectivity index (χ3v) is 4.48. The minimum absolute atomic E-state index is 0.0170. The summed E-state index contributed by atoms with van der Waals surface area (Å²) >= 11 is 0. The molecule has 1 aromatic carbocycles. The molecule has 150 valence electrons. The molecule has 1 atom stereocenters. The molecule has 0 bridgehead atoms. The summed E-state index contributed by atoms with van der Waals surface area (Å²) in [6.45, 7) is 2.55. The lowest BCUT2D eigenvalue weighted by atomic mass is 10.2. The molecule has 0 saturated carbocycles. The largest absolute Gasteiger partial charge is 0.486 e. The predicted molar refractivity (Wildman–Crippen MR) is 104 cm³/mol. The van der Waals surface area contributed by atoms with E-state index >= 15 is 0 Å². The number of aromatic amines is 1. The van der Waals surface area contributed by atoms with Gasteiger partial charge in [-0.05, 0) is 24.6 Å². The number of benzene rings is 1. The molecule has 3 heterocycles. The molecule has 1 N–H and O–H groups in total. The summed E-state index contributed by atoms with van der Waals surface area (Å²) < 4.78 is 18.0. The first-order valence-corrected chi connectivity index (χ1v) is 9.25. The number of hydrogen-bond donors (Lipinski definition) is 1. The highest BCUT2D eigenvalue weighted by atomic mass is 16.6. The Morgan fingerprint density at radius 2 is 2.10 bits per heavy atom. The van der Waals surface area contributed by atoms with Gasteiger partial charge in [0.15, 0.2) is 17.6 Å². The van der Waals surface area contributed by atoms with Gasteiger partial charge < -0.3 is 14.2 Å². The molecular weight excluding hydrogens is 378 g/mol. The molecule has 0 amide bonds. The third-order valence-electron chi connectivity index (χ3n) is 4.48. The van der Waals surface area contributed by atoms with E-state index in [1.807, 2.05) is 19.1 Å². The van der Waals surface area contributed by atoms with Gasteiger partial charge in [-0.2, -0.15) is 0 Å². The van der Waals surface area contributed by atoms with E-state index < -0.39 is 23.3 Å². The normalized spacial score (nSPS) is 15.3. The first-order chi connectivity index (χ1) is 14.1. The molecule has 9 nitrogen and oxygen atoms in total. The van der Waals surface area contributed by atoms with E-state index in [0.29, 0.717) is 24.5 Å². The smallest absolute Gasteiger partial charge is 0.339 e. The SMILES string of the molecule is CCCn1c(=O)[nH]c(=O)c2cc(C(=O)OC[C@H]3COc4ccccc4O3)cnc21. The fraction of sp³-hybridized carbons (Fsp3) is 0.300. The molecule has 0 aliphatic carbocycles. The van der Waals surface area contributed by atoms with Crippen LogP contribution in [0.15, 0.2) is 46.1 Å². The molecule has 0 unspecified atom stereocenters. The van der Waals surface area contributed by atoms with Gasteiger partial charge >= 0.3 is 11.7 Å². The summed E-state index contributed by atoms with van der Waals surface area (Å²) in [4.78, 5) is 43.0. The van der Waals surface area contributed by atoms with Gasteiger partial charge in [0.05, 0.1) is 10.9 Å². The molecule has 2 aromatic heterocycles. The van der Waals surface area contributed by atoms with Crippen LogP contribution in [0.5, 0.6) is 11.5 Å². The van der Waals surface area contributed by atoms with Gasteiger partial charge in [0.1, 0.15) is 18.9 Å². The summed E-state index contributed by atoms with van der Waals surface area (Å²) in [6.07, 6.45) is 1.54. The number of fused-ring (bicyclic) bond motifs is 2. The number of pyridine rings is 1. The van der Waals surface area contributed by atoms with Crippen LogP contribution in [0.3, 0.4) is 0 Å². The van der Waals surface area contributed by atoms with Crippen LogP contribution >= 0.6 is 0 Å². The molecule has 1 aliphatic heterocycles. The van der Waals surface area contributed by atoms with Gasteiger partial charge in [-0.1, -0.05) is 19.1 Å². The lowest BCUT2D eigenvalue weighted by Gasteiger charge is -2.26. The van der Waals surface area contributed by atoms with Crippen molar-refractivity contribution in [2.45, 2.75) is 26.0 Å². The second kappa shape index (κ2) is 7.78. The average Bonchev–Trinajstić information content (AvgIpc) is 2.74. The number of rotatable bonds is 5. The summed E-state index contributed by atoms with van der Waals surface area (Å²) in [6, 6.07) is 8.62. The maximum Gasteiger partial charge on any atom is 0.339 e. The Labute approximate surface area is 164 Å². The number of aromatic nitrogens is 3. The molecule has 0 fully saturated rings. The van der Waals surface area contributed by atoms with Crippen molar-refractivity contribution >= 4 is 17.0 Å². The van der Waals surface area contributed by atoms with Crippen molar-refractivity contribution in [2.75, 3.05) is 13.2 Å². The zero-order valence-corrected chi connectivity index (χ0v) is 15.7. The Morgan fingerprint density at radius 3 is 2.90 bits per heavy atom. The van der Waals surface area contributed by atoms with Crippen LogP contribution in [-0.2, 0) is 11.3 Å². The predicted octanol–water partition coefficient (Wildman–Crippen LogP) is 1.49. The van der Waals surface area contributed by atoms with Gasteiger partial charge in [-0.15, -0.1) is 0 Å². The minimum Gasteiger partial charge on any atom is -0.486 e. The van der Waals surface area contributed by atoms with Crippen LogP contribution in [0.4, 0.5) is 0 Å². The first kappa shape index (κ1) is 18.7. The Balaban J connectivity index is 1.51. The van der Waals surface area contributed by atoms with Gasteiger partial charge in [0, 0.05) is 12.7 Å². The highest BCUT2D eigenvalue weighted by molar-refractivity contribution is 5.92. The number of para-hydroxylation sites is 2. The van der Waals surface area contributed by atoms with Crippen LogP contribution in [0.2, 0.25) is 0 Å². The third kappa shape index (κ3) is 3.71. The number of nitrogens with one attached hydrogen (secondary N) is 1. The van der Waals surface area contributed by atoms with E-state index in [0.717, 1.165) is 0 Å². The second-order valence-corrected chi connectivity index (χ2v) is 6.60. The van der Waals surface area contributed by atoms with E-state index in [2.05, 4.69) is 9.97 Å². The Hall–Kier alpha value is -3.62. The van der Waals surface area contributed by atoms with Gasteiger partial charge in [0.2, 0.25) is 0 Å². The number of carbonyl (C=O) groups excluding carboxylic acids is 1. The van der Waals surface area contributed by atoms with E-state index in [4.69, 9.17) is 14.2 Å². The van der Waals surface area contributed by atoms with E-state index in [1.165, 1.54) is 16.8 Å². The van der Waals surface area contributed by atoms with Crippen molar-refractivity contribution in [1.29, 1.82) is 0 Å². The fourth-order valence-electron chi connectivity index (χ4n) is 3.11. The number of esters is 1. The topological polar surface area (TPSA) is 113 Å². The lowest BCUT2D eigenvalue weighted by Crippen LogP contribution is -2.34. The van der Waals surface area contributed by atoms with Crippen LogP contribution in [0.1, 0.15) is 23.7 Å². The summed E-state index contributed by atoms with van der Waals surface area (Å²) in [5, 5.41) is 0.152. The zero-order chi connectivity index (χ0) is 20.4. The molecule has 29 heavy (non-hydrogen) atoms. The van der Waals surface area contributed by atoms with Gasteiger partial charge in [-0.3, -0.25) is 14.3 Å². The summed E-state index contributed by atoms with van der Waals surface area (Å²) in [5.41, 5.74) is -0.776. The second-order valence-electron chi connectivity index (χ2n) is 6.60. The molecule has 0 radical (unpaired) electrons. The Kier molecular flexibility index (Phi) is 5.03. The first-order valence-electron chi connectivity index (χ1n) is 9.25. The number of nitrogens with zero attached hydrogens (tertiary/aromatic N) is 2. The van der Waals surface area contributed by atoms with Crippen molar-refractivity contribution in [3.8, 4) is 11.5 Å². The Morgan fingerprint density at radius 1 is 1.31 bits per heavy atom. The fourth-order valence-corrected chi connectivity index (χ4v) is 3.11. The zero-order valence-electron chi connectivity index (χ0n) is 15.7. The molecule has 3 aromatic rings. The quantitative estimate of drug-likeness (QED) is 0.649. The van der Waals surface area contributed by atoms with E-state index in [-0.39, 0.29) is 29.8 Å². The number of H-pyrrole nitrogens is 1. The van der Waals surface area contributed by atoms with E-state index in [9.17, 15) is 14.4 Å². The summed E-state index contributed by atoms with van der Waals surface area (Å²) in [5.74, 6) is 0.591. The van der Waals surface area contributed by atoms with Crippen LogP contribution in [-0.4, -0.2) is 39.8 Å². The monoisotopic (exact) mass is 397 g/mol. The molecule has 9 heteroatoms. The molecule has 4 rings (SSSR count). The van der Waals surface area contributed by atoms with Crippen molar-refractivity contribution in [3.05, 3.63) is 62.9 Å². The highest BCUT2D eigenvalue weighted by Crippen LogP contribution is 2.30. The van der Waals surface area contributed by atoms with Crippen molar-refractivity contribution in [3.63, 3.8) is 0 Å². The number of hydrogen-bond acceptors (Lipinski definition) is 7. The molecule has 0 spiro atoms. The molecule has 1 aliphatic rings. The van der Waals surface area contributed by atoms with Crippen LogP contribution < -0.4 is 20.7 Å². The summed E-state index contributed by atoms with van der Waals surface area (Å²) in [7, 11) is 0. The van der Waals surface area contributed by atoms with Crippen molar-refractivity contribution in [1.82, 2.24) is 14.5 Å². The van der Waals surface area contributed by atoms with Crippen molar-refractivity contribution < 1.29 is 19.0 Å². The number of ether oxygens (including phenoxy) is 3. The maximum atomic E-state index is 12.4. The molecule has 0 saturated heterocycles.